The number of benzene rings is 12. The van der Waals surface area contributed by atoms with E-state index < -0.39 is 0 Å². The summed E-state index contributed by atoms with van der Waals surface area (Å²) in [6, 6.07) is 104. The first kappa shape index (κ1) is 51.2. The van der Waals surface area contributed by atoms with Gasteiger partial charge in [-0.15, -0.1) is 0 Å². The molecule has 2 heteroatoms. The maximum Gasteiger partial charge on any atom is 0.0465 e. The molecule has 0 fully saturated rings. The van der Waals surface area contributed by atoms with Crippen LogP contribution in [0.25, 0.3) is 57.7 Å². The number of nitrogens with zero attached hydrogens (tertiary/aromatic N) is 2. The first-order chi connectivity index (χ1) is 42.8. The summed E-state index contributed by atoms with van der Waals surface area (Å²) in [4.78, 5) is 4.81. The first-order valence-corrected chi connectivity index (χ1v) is 31.0. The van der Waals surface area contributed by atoms with E-state index in [1.54, 1.807) is 0 Å². The number of para-hydroxylation sites is 4. The van der Waals surface area contributed by atoms with Gasteiger partial charge in [-0.2, -0.15) is 0 Å². The summed E-state index contributed by atoms with van der Waals surface area (Å²) in [6.45, 7) is 4.81. The molecule has 0 aromatic heterocycles. The fourth-order valence-corrected chi connectivity index (χ4v) is 16.0. The van der Waals surface area contributed by atoms with Crippen LogP contribution < -0.4 is 9.80 Å². The topological polar surface area (TPSA) is 6.48 Å². The quantitative estimate of drug-likeness (QED) is 0.126. The lowest BCUT2D eigenvalue weighted by atomic mass is 9.75. The number of rotatable bonds is 10. The van der Waals surface area contributed by atoms with Crippen molar-refractivity contribution in [3.05, 3.63) is 357 Å². The molecule has 0 heterocycles. The SMILES string of the molecule is CC1(C)c2cc(C=Cc3ccc4c(c3)C3(Cc5ccccc5C3)c3cc(N(c5ccccc5)c5ccccc5)ccc3-4)ccc2-c2ccc(C=Cc3ccc4c(c3)C3(Cc5ccccc5C3)c3cc(N(c5ccccc5)c5ccccc5)ccc3-4)cc21. The molecule has 5 aliphatic rings. The second-order valence-electron chi connectivity index (χ2n) is 25.4. The van der Waals surface area contributed by atoms with E-state index in [4.69, 9.17) is 0 Å². The lowest BCUT2D eigenvalue weighted by molar-refractivity contribution is 0.563. The van der Waals surface area contributed by atoms with Crippen molar-refractivity contribution in [3.63, 3.8) is 0 Å². The molecule has 5 aliphatic carbocycles. The van der Waals surface area contributed by atoms with E-state index in [-0.39, 0.29) is 16.2 Å². The summed E-state index contributed by atoms with van der Waals surface area (Å²) in [6.07, 6.45) is 13.3. The Morgan fingerprint density at radius 2 is 0.483 bits per heavy atom. The molecule has 17 rings (SSSR count). The molecule has 0 saturated carbocycles. The van der Waals surface area contributed by atoms with E-state index in [1.165, 1.54) is 123 Å². The lowest BCUT2D eigenvalue weighted by Gasteiger charge is -2.30. The largest absolute Gasteiger partial charge is 0.310 e. The lowest BCUT2D eigenvalue weighted by Crippen LogP contribution is -2.26. The van der Waals surface area contributed by atoms with Gasteiger partial charge in [-0.25, -0.2) is 0 Å². The Morgan fingerprint density at radius 1 is 0.241 bits per heavy atom. The van der Waals surface area contributed by atoms with Crippen LogP contribution in [0.1, 0.15) is 91.7 Å². The fourth-order valence-electron chi connectivity index (χ4n) is 16.0. The molecule has 0 N–H and O–H groups in total. The Kier molecular flexibility index (Phi) is 11.7. The highest BCUT2D eigenvalue weighted by atomic mass is 15.1. The van der Waals surface area contributed by atoms with Gasteiger partial charge in [0.2, 0.25) is 0 Å². The van der Waals surface area contributed by atoms with Crippen LogP contribution in [0.2, 0.25) is 0 Å². The summed E-state index contributed by atoms with van der Waals surface area (Å²) in [7, 11) is 0. The highest BCUT2D eigenvalue weighted by Gasteiger charge is 2.49. The van der Waals surface area contributed by atoms with E-state index in [9.17, 15) is 0 Å². The van der Waals surface area contributed by atoms with Gasteiger partial charge in [0.15, 0.2) is 0 Å². The molecule has 87 heavy (non-hydrogen) atoms. The van der Waals surface area contributed by atoms with E-state index in [0.717, 1.165) is 48.4 Å². The van der Waals surface area contributed by atoms with Crippen LogP contribution in [0, 0.1) is 0 Å². The van der Waals surface area contributed by atoms with Crippen LogP contribution in [0.5, 0.6) is 0 Å². The third kappa shape index (κ3) is 8.22. The second kappa shape index (κ2) is 19.9. The van der Waals surface area contributed by atoms with Gasteiger partial charge in [0, 0.05) is 50.4 Å². The standard InChI is InChI=1S/C85H64N2/c1-83(2)77-47-57(31-33-59-37-43-73-75-45-39-69(86(65-23-7-3-8-24-65)66-25-9-4-10-26-66)51-81(75)84(79(73)49-59)53-61-19-15-16-20-62(61)54-84)35-41-71(77)72-42-36-58(48-78(72)83)32-34-60-38-44-74-76-46-40-70(87(67-27-11-5-12-28-67)68-29-13-6-14-30-68)52-82(76)85(80(74)50-60)55-63-21-17-18-22-64(63)56-85/h3-52H,53-56H2,1-2H3. The fraction of sp³-hybridized carbons (Fsp3) is 0.106. The normalized spacial score (nSPS) is 15.2. The minimum atomic E-state index is -0.171. The van der Waals surface area contributed by atoms with Gasteiger partial charge in [-0.3, -0.25) is 0 Å². The Morgan fingerprint density at radius 3 is 0.782 bits per heavy atom. The molecule has 2 nitrogen and oxygen atoms in total. The molecular formula is C85H64N2. The molecule has 0 amide bonds. The van der Waals surface area contributed by atoms with Crippen molar-refractivity contribution < 1.29 is 0 Å². The van der Waals surface area contributed by atoms with Crippen molar-refractivity contribution in [1.82, 2.24) is 0 Å². The van der Waals surface area contributed by atoms with Crippen molar-refractivity contribution in [3.8, 4) is 33.4 Å². The summed E-state index contributed by atoms with van der Waals surface area (Å²) in [5.41, 5.74) is 33.7. The number of hydrogen-bond donors (Lipinski definition) is 0. The zero-order chi connectivity index (χ0) is 57.8. The van der Waals surface area contributed by atoms with Crippen LogP contribution in [-0.2, 0) is 41.9 Å². The molecule has 414 valence electrons. The van der Waals surface area contributed by atoms with E-state index in [1.807, 2.05) is 0 Å². The van der Waals surface area contributed by atoms with Gasteiger partial charge in [0.25, 0.3) is 0 Å². The van der Waals surface area contributed by atoms with Gasteiger partial charge in [0.05, 0.1) is 0 Å². The molecule has 0 bridgehead atoms. The summed E-state index contributed by atoms with van der Waals surface area (Å²) < 4.78 is 0. The van der Waals surface area contributed by atoms with Gasteiger partial charge < -0.3 is 9.80 Å². The van der Waals surface area contributed by atoms with Crippen LogP contribution in [0.4, 0.5) is 34.1 Å². The van der Waals surface area contributed by atoms with Crippen molar-refractivity contribution in [2.75, 3.05) is 9.80 Å². The van der Waals surface area contributed by atoms with Crippen molar-refractivity contribution in [1.29, 1.82) is 0 Å². The Labute approximate surface area is 511 Å². The van der Waals surface area contributed by atoms with Crippen molar-refractivity contribution >= 4 is 58.4 Å². The average molecular weight is 1110 g/mol. The van der Waals surface area contributed by atoms with Crippen molar-refractivity contribution in [2.24, 2.45) is 0 Å². The highest BCUT2D eigenvalue weighted by molar-refractivity contribution is 5.91. The average Bonchev–Trinajstić information content (AvgIpc) is 1.62. The van der Waals surface area contributed by atoms with Gasteiger partial charge in [0.1, 0.15) is 0 Å². The number of anilines is 6. The van der Waals surface area contributed by atoms with Gasteiger partial charge in [-0.05, 0) is 210 Å². The maximum absolute atomic E-state index is 2.50. The zero-order valence-electron chi connectivity index (χ0n) is 49.1. The van der Waals surface area contributed by atoms with Crippen LogP contribution in [0.15, 0.2) is 279 Å². The number of hydrogen-bond acceptors (Lipinski definition) is 2. The third-order valence-corrected chi connectivity index (χ3v) is 20.2. The predicted octanol–water partition coefficient (Wildman–Crippen LogP) is 21.4. The Hall–Kier alpha value is -10.3. The van der Waals surface area contributed by atoms with E-state index >= 15 is 0 Å². The Balaban J connectivity index is 0.659. The van der Waals surface area contributed by atoms with Crippen molar-refractivity contribution in [2.45, 2.75) is 55.8 Å². The minimum absolute atomic E-state index is 0.162. The zero-order valence-corrected chi connectivity index (χ0v) is 49.1. The molecule has 0 radical (unpaired) electrons. The summed E-state index contributed by atoms with van der Waals surface area (Å²) in [5, 5.41) is 0. The summed E-state index contributed by atoms with van der Waals surface area (Å²) >= 11 is 0. The Bertz CT molecular complexity index is 4350. The van der Waals surface area contributed by atoms with E-state index in [2.05, 4.69) is 327 Å². The van der Waals surface area contributed by atoms with Crippen LogP contribution >= 0.6 is 0 Å². The maximum atomic E-state index is 2.50. The molecule has 12 aromatic rings. The molecule has 12 aromatic carbocycles. The van der Waals surface area contributed by atoms with Gasteiger partial charge >= 0.3 is 0 Å². The molecule has 0 atom stereocenters. The molecular weight excluding hydrogens is 1050 g/mol. The molecule has 0 aliphatic heterocycles. The molecule has 0 unspecified atom stereocenters. The van der Waals surface area contributed by atoms with E-state index in [0.29, 0.717) is 0 Å². The second-order valence-corrected chi connectivity index (χ2v) is 25.4. The highest BCUT2D eigenvalue weighted by Crippen LogP contribution is 2.59. The number of fused-ring (bicyclic) bond motifs is 15. The van der Waals surface area contributed by atoms with Gasteiger partial charge in [-0.1, -0.05) is 244 Å². The first-order valence-electron chi connectivity index (χ1n) is 31.0. The summed E-state index contributed by atoms with van der Waals surface area (Å²) in [5.74, 6) is 0. The van der Waals surface area contributed by atoms with Crippen LogP contribution in [-0.4, -0.2) is 0 Å². The third-order valence-electron chi connectivity index (χ3n) is 20.2. The van der Waals surface area contributed by atoms with Crippen LogP contribution in [0.3, 0.4) is 0 Å². The smallest absolute Gasteiger partial charge is 0.0465 e. The molecule has 0 saturated heterocycles. The predicted molar refractivity (Wildman–Crippen MR) is 364 cm³/mol. The molecule has 2 spiro atoms. The minimum Gasteiger partial charge on any atom is -0.310 e. The monoisotopic (exact) mass is 1110 g/mol.